The summed E-state index contributed by atoms with van der Waals surface area (Å²) in [5.74, 6) is 1.58. The van der Waals surface area contributed by atoms with Gasteiger partial charge in [-0.3, -0.25) is 4.90 Å². The number of fused-ring (bicyclic) bond motifs is 4. The fourth-order valence-corrected chi connectivity index (χ4v) is 8.24. The highest BCUT2D eigenvalue weighted by atomic mass is 127. The number of ether oxygens (including phenoxy) is 1. The van der Waals surface area contributed by atoms with Crippen LogP contribution in [-0.4, -0.2) is 44.8 Å². The molecule has 2 bridgehead atoms. The molecule has 5 aliphatic rings. The standard InChI is InChI=1S/C26H25IN2O3/c27-17-3-1-2-15-16-11-26(31)19-10-14-6-7-18(30)23-20(14)25(26,8-9-29(19)12-13-4-5-13)24(32-23)22(16)28-21(15)17/h1-3,6-7,13,19,24,28,30-31H,4-5,8-12H2/t19?,24-,25-,26+/m0/s1. The van der Waals surface area contributed by atoms with Gasteiger partial charge in [-0.2, -0.15) is 0 Å². The van der Waals surface area contributed by atoms with Crippen LogP contribution in [0.4, 0.5) is 0 Å². The van der Waals surface area contributed by atoms with Crippen LogP contribution < -0.4 is 4.74 Å². The molecule has 0 amide bonds. The van der Waals surface area contributed by atoms with Crippen LogP contribution >= 0.6 is 22.6 Å². The Kier molecular flexibility index (Phi) is 3.39. The Bertz CT molecular complexity index is 1330. The number of aromatic nitrogens is 1. The molecule has 3 heterocycles. The second-order valence-corrected chi connectivity index (χ2v) is 11.8. The highest BCUT2D eigenvalue weighted by Crippen LogP contribution is 2.69. The minimum atomic E-state index is -0.916. The number of nitrogens with zero attached hydrogens (tertiary/aromatic N) is 1. The molecule has 6 heteroatoms. The van der Waals surface area contributed by atoms with Gasteiger partial charge in [-0.1, -0.05) is 18.2 Å². The van der Waals surface area contributed by atoms with E-state index in [0.717, 1.165) is 48.6 Å². The average molecular weight is 540 g/mol. The molecule has 2 fully saturated rings. The molecule has 1 spiro atoms. The van der Waals surface area contributed by atoms with E-state index < -0.39 is 11.0 Å². The number of likely N-dealkylation sites (tertiary alicyclic amines) is 1. The number of hydrogen-bond acceptors (Lipinski definition) is 4. The molecule has 5 nitrogen and oxygen atoms in total. The van der Waals surface area contributed by atoms with E-state index in [-0.39, 0.29) is 17.9 Å². The maximum atomic E-state index is 12.8. The smallest absolute Gasteiger partial charge is 0.166 e. The van der Waals surface area contributed by atoms with Crippen molar-refractivity contribution in [2.75, 3.05) is 13.1 Å². The molecular formula is C26H25IN2O3. The van der Waals surface area contributed by atoms with Gasteiger partial charge in [-0.15, -0.1) is 0 Å². The predicted octanol–water partition coefficient (Wildman–Crippen LogP) is 4.18. The number of aromatic amines is 1. The number of phenolic OH excluding ortho intramolecular Hbond substituents is 1. The van der Waals surface area contributed by atoms with E-state index in [4.69, 9.17) is 4.74 Å². The molecule has 8 rings (SSSR count). The lowest BCUT2D eigenvalue weighted by atomic mass is 9.49. The number of phenols is 1. The number of rotatable bonds is 2. The van der Waals surface area contributed by atoms with Crippen molar-refractivity contribution in [3.05, 3.63) is 56.3 Å². The monoisotopic (exact) mass is 540 g/mol. The minimum absolute atomic E-state index is 0.0758. The van der Waals surface area contributed by atoms with Gasteiger partial charge in [-0.25, -0.2) is 0 Å². The summed E-state index contributed by atoms with van der Waals surface area (Å²) in [4.78, 5) is 6.28. The second kappa shape index (κ2) is 5.83. The molecule has 2 aliphatic heterocycles. The number of aliphatic hydroxyl groups is 1. The summed E-state index contributed by atoms with van der Waals surface area (Å²) >= 11 is 2.39. The van der Waals surface area contributed by atoms with Crippen molar-refractivity contribution in [2.45, 2.75) is 55.3 Å². The Morgan fingerprint density at radius 3 is 2.94 bits per heavy atom. The summed E-state index contributed by atoms with van der Waals surface area (Å²) in [5.41, 5.74) is 4.29. The van der Waals surface area contributed by atoms with Gasteiger partial charge in [0.15, 0.2) is 17.6 Å². The van der Waals surface area contributed by atoms with Gasteiger partial charge in [0, 0.05) is 33.5 Å². The lowest BCUT2D eigenvalue weighted by molar-refractivity contribution is -0.173. The van der Waals surface area contributed by atoms with Gasteiger partial charge >= 0.3 is 0 Å². The van der Waals surface area contributed by atoms with Crippen molar-refractivity contribution in [1.82, 2.24) is 9.88 Å². The molecular weight excluding hydrogens is 515 g/mol. The Balaban J connectivity index is 1.43. The van der Waals surface area contributed by atoms with E-state index in [1.165, 1.54) is 32.9 Å². The van der Waals surface area contributed by atoms with Gasteiger partial charge in [0.1, 0.15) is 0 Å². The van der Waals surface area contributed by atoms with E-state index in [9.17, 15) is 10.2 Å². The summed E-state index contributed by atoms with van der Waals surface area (Å²) in [5, 5.41) is 24.7. The molecule has 0 radical (unpaired) electrons. The number of piperidine rings is 1. The van der Waals surface area contributed by atoms with Crippen LogP contribution in [0.2, 0.25) is 0 Å². The lowest BCUT2D eigenvalue weighted by Crippen LogP contribution is -2.74. The van der Waals surface area contributed by atoms with Crippen LogP contribution in [0.25, 0.3) is 10.9 Å². The summed E-state index contributed by atoms with van der Waals surface area (Å²) in [7, 11) is 0. The average Bonchev–Trinajstić information content (AvgIpc) is 3.40. The highest BCUT2D eigenvalue weighted by molar-refractivity contribution is 14.1. The zero-order valence-corrected chi connectivity index (χ0v) is 19.9. The third-order valence-corrected chi connectivity index (χ3v) is 10.0. The van der Waals surface area contributed by atoms with Crippen molar-refractivity contribution in [2.24, 2.45) is 5.92 Å². The first-order valence-electron chi connectivity index (χ1n) is 11.8. The molecule has 32 heavy (non-hydrogen) atoms. The molecule has 3 N–H and O–H groups in total. The Morgan fingerprint density at radius 2 is 2.09 bits per heavy atom. The fraction of sp³-hybridized carbons (Fsp3) is 0.462. The number of para-hydroxylation sites is 1. The third kappa shape index (κ3) is 2.00. The molecule has 164 valence electrons. The molecule has 1 aromatic heterocycles. The first-order valence-corrected chi connectivity index (χ1v) is 12.9. The van der Waals surface area contributed by atoms with Crippen molar-refractivity contribution in [3.8, 4) is 11.5 Å². The number of hydrogen-bond donors (Lipinski definition) is 3. The fourth-order valence-electron chi connectivity index (χ4n) is 7.61. The lowest BCUT2D eigenvalue weighted by Gasteiger charge is -2.62. The van der Waals surface area contributed by atoms with Crippen LogP contribution in [0, 0.1) is 9.49 Å². The highest BCUT2D eigenvalue weighted by Gasteiger charge is 2.72. The third-order valence-electron chi connectivity index (χ3n) is 9.15. The van der Waals surface area contributed by atoms with Gasteiger partial charge in [0.25, 0.3) is 0 Å². The van der Waals surface area contributed by atoms with Crippen molar-refractivity contribution >= 4 is 33.5 Å². The summed E-state index contributed by atoms with van der Waals surface area (Å²) in [6.45, 7) is 2.07. The number of nitrogens with one attached hydrogen (secondary N) is 1. The zero-order valence-electron chi connectivity index (χ0n) is 17.7. The Morgan fingerprint density at radius 1 is 1.22 bits per heavy atom. The molecule has 1 unspecified atom stereocenters. The largest absolute Gasteiger partial charge is 0.504 e. The number of H-pyrrole nitrogens is 1. The van der Waals surface area contributed by atoms with E-state index >= 15 is 0 Å². The maximum absolute atomic E-state index is 12.8. The SMILES string of the molecule is Oc1ccc2c3c1O[C@H]1c4[nH]c5c(I)cccc5c4C[C@@]4(O)C(C2)N(CC2CC2)CC[C@]314. The second-order valence-electron chi connectivity index (χ2n) is 10.6. The maximum Gasteiger partial charge on any atom is 0.166 e. The number of halogens is 1. The van der Waals surface area contributed by atoms with Gasteiger partial charge in [0.05, 0.1) is 22.2 Å². The normalized spacial score (nSPS) is 34.3. The van der Waals surface area contributed by atoms with Gasteiger partial charge in [0.2, 0.25) is 0 Å². The Labute approximate surface area is 199 Å². The summed E-state index contributed by atoms with van der Waals surface area (Å²) < 4.78 is 7.82. The predicted molar refractivity (Wildman–Crippen MR) is 129 cm³/mol. The molecule has 1 saturated carbocycles. The Hall–Kier alpha value is -1.77. The first-order chi connectivity index (χ1) is 15.5. The van der Waals surface area contributed by atoms with Crippen LogP contribution in [0.15, 0.2) is 30.3 Å². The van der Waals surface area contributed by atoms with Crippen LogP contribution in [-0.2, 0) is 18.3 Å². The molecule has 4 atom stereocenters. The van der Waals surface area contributed by atoms with E-state index in [1.807, 2.05) is 0 Å². The molecule has 3 aliphatic carbocycles. The van der Waals surface area contributed by atoms with E-state index in [0.29, 0.717) is 12.2 Å². The number of aromatic hydroxyl groups is 1. The van der Waals surface area contributed by atoms with Gasteiger partial charge in [-0.05, 0) is 84.0 Å². The van der Waals surface area contributed by atoms with Crippen LogP contribution in [0.5, 0.6) is 11.5 Å². The molecule has 1 saturated heterocycles. The zero-order chi connectivity index (χ0) is 21.4. The van der Waals surface area contributed by atoms with E-state index in [2.05, 4.69) is 56.7 Å². The van der Waals surface area contributed by atoms with Crippen molar-refractivity contribution < 1.29 is 14.9 Å². The topological polar surface area (TPSA) is 68.7 Å². The first kappa shape index (κ1) is 18.6. The molecule has 3 aromatic rings. The van der Waals surface area contributed by atoms with Crippen molar-refractivity contribution in [1.29, 1.82) is 0 Å². The number of benzene rings is 2. The van der Waals surface area contributed by atoms with E-state index in [1.54, 1.807) is 6.07 Å². The summed E-state index contributed by atoms with van der Waals surface area (Å²) in [6, 6.07) is 10.3. The summed E-state index contributed by atoms with van der Waals surface area (Å²) in [6.07, 6.45) is 4.64. The molecule has 2 aromatic carbocycles. The van der Waals surface area contributed by atoms with Gasteiger partial charge < -0.3 is 19.9 Å². The van der Waals surface area contributed by atoms with Crippen molar-refractivity contribution in [3.63, 3.8) is 0 Å². The van der Waals surface area contributed by atoms with Crippen LogP contribution in [0.3, 0.4) is 0 Å². The minimum Gasteiger partial charge on any atom is -0.504 e. The van der Waals surface area contributed by atoms with Crippen LogP contribution in [0.1, 0.15) is 47.8 Å². The quantitative estimate of drug-likeness (QED) is 0.427.